The highest BCUT2D eigenvalue weighted by Crippen LogP contribution is 2.28. The number of aryl methyl sites for hydroxylation is 1. The van der Waals surface area contributed by atoms with Crippen molar-refractivity contribution in [3.63, 3.8) is 0 Å². The Morgan fingerprint density at radius 2 is 1.32 bits per heavy atom. The minimum absolute atomic E-state index is 0.129. The molecule has 0 saturated carbocycles. The lowest BCUT2D eigenvalue weighted by atomic mass is 10.1. The molecule has 0 radical (unpaired) electrons. The van der Waals surface area contributed by atoms with E-state index in [2.05, 4.69) is 27.7 Å². The predicted octanol–water partition coefficient (Wildman–Crippen LogP) is 7.72. The van der Waals surface area contributed by atoms with Gasteiger partial charge in [0.2, 0.25) is 0 Å². The first-order valence-corrected chi connectivity index (χ1v) is 13.1. The average Bonchev–Trinajstić information content (AvgIpc) is 3.51. The van der Waals surface area contributed by atoms with Gasteiger partial charge in [0.15, 0.2) is 11.6 Å². The zero-order valence-electron chi connectivity index (χ0n) is 20.7. The summed E-state index contributed by atoms with van der Waals surface area (Å²) in [4.78, 5) is 27.7. The van der Waals surface area contributed by atoms with E-state index < -0.39 is 0 Å². The summed E-state index contributed by atoms with van der Waals surface area (Å²) >= 11 is 9.81. The highest BCUT2D eigenvalue weighted by Gasteiger charge is 2.33. The third-order valence-corrected chi connectivity index (χ3v) is 6.73. The standard InChI is InChI=1S/C16H13NOS.C9H8O.C7H5NS/c18-15-13-9-5-4-6-11(13)10-14(15)16(19)17-12-7-2-1-3-8-12;10-9-6-5-7-3-1-2-4-8(7)9;9-6-8-7-4-2-1-3-5-7/h1-9,14H,10H2,(H,17,19);1-4H,5-6H2;1-5H. The highest BCUT2D eigenvalue weighted by molar-refractivity contribution is 7.80. The summed E-state index contributed by atoms with van der Waals surface area (Å²) in [6, 6.07) is 34.8. The largest absolute Gasteiger partial charge is 0.349 e. The van der Waals surface area contributed by atoms with E-state index in [1.54, 1.807) is 0 Å². The number of carbonyl (C=O) groups is 2. The number of nitrogens with zero attached hydrogens (tertiary/aromatic N) is 1. The van der Waals surface area contributed by atoms with Crippen molar-refractivity contribution in [1.82, 2.24) is 0 Å². The van der Waals surface area contributed by atoms with Crippen molar-refractivity contribution in [3.05, 3.63) is 131 Å². The van der Waals surface area contributed by atoms with Crippen LogP contribution in [0.3, 0.4) is 0 Å². The van der Waals surface area contributed by atoms with Crippen LogP contribution in [0.4, 0.5) is 11.4 Å². The Labute approximate surface area is 233 Å². The van der Waals surface area contributed by atoms with Gasteiger partial charge in [-0.05, 0) is 60.5 Å². The van der Waals surface area contributed by atoms with Crippen molar-refractivity contribution >= 4 is 57.5 Å². The first-order chi connectivity index (χ1) is 18.6. The van der Waals surface area contributed by atoms with E-state index in [9.17, 15) is 9.59 Å². The predicted molar refractivity (Wildman–Crippen MR) is 161 cm³/mol. The first kappa shape index (κ1) is 27.0. The van der Waals surface area contributed by atoms with E-state index in [0.717, 1.165) is 34.5 Å². The lowest BCUT2D eigenvalue weighted by Gasteiger charge is -2.12. The molecule has 6 rings (SSSR count). The Balaban J connectivity index is 0.000000148. The molecule has 0 amide bonds. The van der Waals surface area contributed by atoms with Gasteiger partial charge < -0.3 is 5.32 Å². The lowest BCUT2D eigenvalue weighted by molar-refractivity contribution is 0.0967. The van der Waals surface area contributed by atoms with Crippen molar-refractivity contribution < 1.29 is 9.59 Å². The molecule has 6 heteroatoms. The van der Waals surface area contributed by atoms with Crippen molar-refractivity contribution in [2.45, 2.75) is 19.3 Å². The fraction of sp³-hybridized carbons (Fsp3) is 0.125. The van der Waals surface area contributed by atoms with Crippen molar-refractivity contribution in [3.8, 4) is 0 Å². The van der Waals surface area contributed by atoms with Crippen LogP contribution < -0.4 is 5.32 Å². The Morgan fingerprint density at radius 1 is 0.737 bits per heavy atom. The minimum Gasteiger partial charge on any atom is -0.349 e. The van der Waals surface area contributed by atoms with E-state index in [1.165, 1.54) is 5.56 Å². The molecule has 1 N–H and O–H groups in total. The Hall–Kier alpha value is -4.09. The van der Waals surface area contributed by atoms with Crippen LogP contribution in [0.5, 0.6) is 0 Å². The van der Waals surface area contributed by atoms with Crippen molar-refractivity contribution in [2.75, 3.05) is 5.32 Å². The van der Waals surface area contributed by atoms with Gasteiger partial charge in [-0.1, -0.05) is 97.1 Å². The lowest BCUT2D eigenvalue weighted by Crippen LogP contribution is -2.25. The monoisotopic (exact) mass is 534 g/mol. The molecule has 0 bridgehead atoms. The molecule has 38 heavy (non-hydrogen) atoms. The van der Waals surface area contributed by atoms with Gasteiger partial charge in [0.25, 0.3) is 0 Å². The molecule has 188 valence electrons. The molecule has 0 aromatic heterocycles. The summed E-state index contributed by atoms with van der Waals surface area (Å²) in [5, 5.41) is 5.45. The Bertz CT molecular complexity index is 1480. The van der Waals surface area contributed by atoms with Crippen LogP contribution in [0.15, 0.2) is 114 Å². The smallest absolute Gasteiger partial charge is 0.173 e. The third-order valence-electron chi connectivity index (χ3n) is 6.25. The summed E-state index contributed by atoms with van der Waals surface area (Å²) in [7, 11) is 0. The average molecular weight is 535 g/mol. The van der Waals surface area contributed by atoms with Crippen LogP contribution in [-0.4, -0.2) is 21.7 Å². The van der Waals surface area contributed by atoms with E-state index in [-0.39, 0.29) is 11.7 Å². The van der Waals surface area contributed by atoms with Gasteiger partial charge in [0, 0.05) is 23.2 Å². The highest BCUT2D eigenvalue weighted by atomic mass is 32.1. The molecule has 2 aliphatic rings. The maximum atomic E-state index is 12.3. The van der Waals surface area contributed by atoms with Crippen LogP contribution in [0.2, 0.25) is 0 Å². The summed E-state index contributed by atoms with van der Waals surface area (Å²) in [5.41, 5.74) is 5.83. The van der Waals surface area contributed by atoms with Gasteiger partial charge in [-0.2, -0.15) is 4.99 Å². The molecule has 0 fully saturated rings. The van der Waals surface area contributed by atoms with Gasteiger partial charge in [-0.3, -0.25) is 9.59 Å². The zero-order valence-corrected chi connectivity index (χ0v) is 22.3. The SMILES string of the molecule is O=C1CCc2ccccc21.O=C1c2ccccc2CC1C(=S)Nc1ccccc1.S=C=Nc1ccccc1. The minimum atomic E-state index is -0.229. The van der Waals surface area contributed by atoms with E-state index in [4.69, 9.17) is 12.2 Å². The van der Waals surface area contributed by atoms with Gasteiger partial charge in [0.1, 0.15) is 0 Å². The van der Waals surface area contributed by atoms with Crippen LogP contribution in [-0.2, 0) is 12.8 Å². The van der Waals surface area contributed by atoms with E-state index in [1.807, 2.05) is 109 Å². The number of fused-ring (bicyclic) bond motifs is 2. The number of hydrogen-bond acceptors (Lipinski definition) is 5. The third kappa shape index (κ3) is 7.02. The first-order valence-electron chi connectivity index (χ1n) is 12.3. The van der Waals surface area contributed by atoms with Crippen LogP contribution in [0.1, 0.15) is 38.3 Å². The number of carbonyl (C=O) groups excluding carboxylic acids is 2. The van der Waals surface area contributed by atoms with Crippen molar-refractivity contribution in [2.24, 2.45) is 10.9 Å². The van der Waals surface area contributed by atoms with Crippen LogP contribution in [0, 0.1) is 5.92 Å². The number of isothiocyanates is 1. The maximum absolute atomic E-state index is 12.3. The Morgan fingerprint density at radius 3 is 1.95 bits per heavy atom. The number of Topliss-reactive ketones (excluding diaryl/α,β-unsaturated/α-hetero) is 2. The molecule has 1 unspecified atom stereocenters. The molecular weight excluding hydrogens is 508 g/mol. The number of para-hydroxylation sites is 2. The summed E-state index contributed by atoms with van der Waals surface area (Å²) in [6.07, 6.45) is 2.35. The van der Waals surface area contributed by atoms with Crippen molar-refractivity contribution in [1.29, 1.82) is 0 Å². The van der Waals surface area contributed by atoms with Gasteiger partial charge in [-0.25, -0.2) is 0 Å². The number of nitrogens with one attached hydrogen (secondary N) is 1. The zero-order chi connectivity index (χ0) is 26.7. The van der Waals surface area contributed by atoms with Gasteiger partial charge >= 0.3 is 0 Å². The molecule has 4 aromatic carbocycles. The number of rotatable bonds is 3. The summed E-state index contributed by atoms with van der Waals surface area (Å²) < 4.78 is 0. The normalized spacial score (nSPS) is 14.5. The summed E-state index contributed by atoms with van der Waals surface area (Å²) in [6.45, 7) is 0. The number of aliphatic imine (C=N–C) groups is 1. The fourth-order valence-electron chi connectivity index (χ4n) is 4.35. The van der Waals surface area contributed by atoms with E-state index in [0.29, 0.717) is 23.6 Å². The van der Waals surface area contributed by atoms with Gasteiger partial charge in [-0.15, -0.1) is 0 Å². The number of benzene rings is 4. The molecule has 0 aliphatic heterocycles. The van der Waals surface area contributed by atoms with Gasteiger partial charge in [0.05, 0.1) is 21.8 Å². The second kappa shape index (κ2) is 13.5. The number of thiocarbonyl (C=S) groups is 2. The molecule has 0 heterocycles. The van der Waals surface area contributed by atoms with Crippen LogP contribution in [0.25, 0.3) is 0 Å². The summed E-state index contributed by atoms with van der Waals surface area (Å²) in [5.74, 6) is 0.201. The molecule has 0 spiro atoms. The Kier molecular flexibility index (Phi) is 9.54. The maximum Gasteiger partial charge on any atom is 0.173 e. The number of anilines is 1. The second-order valence-electron chi connectivity index (χ2n) is 8.75. The molecule has 4 nitrogen and oxygen atoms in total. The second-order valence-corrected chi connectivity index (χ2v) is 9.37. The number of ketones is 2. The van der Waals surface area contributed by atoms with Crippen LogP contribution >= 0.6 is 24.4 Å². The molecule has 1 atom stereocenters. The van der Waals surface area contributed by atoms with E-state index >= 15 is 0 Å². The topological polar surface area (TPSA) is 58.5 Å². The fourth-order valence-corrected chi connectivity index (χ4v) is 4.76. The molecular formula is C32H26N2O2S2. The molecule has 2 aliphatic carbocycles. The molecule has 4 aromatic rings. The molecule has 0 saturated heterocycles. The number of hydrogen-bond donors (Lipinski definition) is 1. The quantitative estimate of drug-likeness (QED) is 0.215.